The predicted octanol–water partition coefficient (Wildman–Crippen LogP) is 11.6. The minimum atomic E-state index is 0.671. The van der Waals surface area contributed by atoms with Crippen molar-refractivity contribution in [3.8, 4) is 28.3 Å². The van der Waals surface area contributed by atoms with Gasteiger partial charge in [-0.25, -0.2) is 9.97 Å². The van der Waals surface area contributed by atoms with Crippen LogP contribution in [0.25, 0.3) is 92.0 Å². The fourth-order valence-electron chi connectivity index (χ4n) is 6.99. The summed E-state index contributed by atoms with van der Waals surface area (Å²) in [6, 6.07) is 54.3. The van der Waals surface area contributed by atoms with Crippen molar-refractivity contribution in [3.05, 3.63) is 152 Å². The highest BCUT2D eigenvalue weighted by Crippen LogP contribution is 2.39. The van der Waals surface area contributed by atoms with E-state index in [4.69, 9.17) is 9.97 Å². The zero-order valence-electron chi connectivity index (χ0n) is 24.7. The minimum absolute atomic E-state index is 0.671. The molecule has 7 aromatic carbocycles. The number of fused-ring (bicyclic) bond motifs is 8. The molecule has 0 unspecified atom stereocenters. The van der Waals surface area contributed by atoms with Crippen molar-refractivity contribution in [2.24, 2.45) is 0 Å². The van der Waals surface area contributed by atoms with Crippen LogP contribution in [-0.4, -0.2) is 14.5 Å². The molecule has 0 radical (unpaired) electrons. The predicted molar refractivity (Wildman–Crippen MR) is 195 cm³/mol. The van der Waals surface area contributed by atoms with Gasteiger partial charge in [-0.15, -0.1) is 11.3 Å². The highest BCUT2D eigenvalue weighted by molar-refractivity contribution is 7.25. The smallest absolute Gasteiger partial charge is 0.235 e. The summed E-state index contributed by atoms with van der Waals surface area (Å²) in [5.74, 6) is 0.671. The van der Waals surface area contributed by atoms with Gasteiger partial charge in [0.25, 0.3) is 0 Å². The Morgan fingerprint density at radius 1 is 0.413 bits per heavy atom. The second kappa shape index (κ2) is 9.83. The molecule has 0 saturated heterocycles. The molecule has 3 nitrogen and oxygen atoms in total. The van der Waals surface area contributed by atoms with E-state index in [0.717, 1.165) is 38.8 Å². The molecule has 0 atom stereocenters. The summed E-state index contributed by atoms with van der Waals surface area (Å²) in [7, 11) is 0. The topological polar surface area (TPSA) is 30.7 Å². The Hall–Kier alpha value is -5.84. The maximum absolute atomic E-state index is 5.42. The summed E-state index contributed by atoms with van der Waals surface area (Å²) in [6.45, 7) is 0. The number of para-hydroxylation sites is 1. The quantitative estimate of drug-likeness (QED) is 0.201. The van der Waals surface area contributed by atoms with Crippen molar-refractivity contribution in [2.45, 2.75) is 0 Å². The first-order chi connectivity index (χ1) is 22.8. The molecule has 46 heavy (non-hydrogen) atoms. The van der Waals surface area contributed by atoms with E-state index in [1.165, 1.54) is 47.3 Å². The second-order valence-corrected chi connectivity index (χ2v) is 12.9. The molecule has 10 rings (SSSR count). The largest absolute Gasteiger partial charge is 0.278 e. The van der Waals surface area contributed by atoms with E-state index >= 15 is 0 Å². The van der Waals surface area contributed by atoms with Crippen molar-refractivity contribution in [2.75, 3.05) is 0 Å². The number of benzene rings is 7. The van der Waals surface area contributed by atoms with Gasteiger partial charge in [-0.1, -0.05) is 103 Å². The van der Waals surface area contributed by atoms with Gasteiger partial charge >= 0.3 is 0 Å². The standard InChI is InChI=1S/C42H25N3S/c1-2-10-26(11-3-1)29-18-20-33-36(24-29)43-42(44-41(33)30-19-21-40-35(23-30)32-15-7-9-17-39(32)46-40)45-37-16-8-6-14-31(37)34-22-27-12-4-5-13-28(27)25-38(34)45/h1-25H. The first kappa shape index (κ1) is 25.5. The lowest BCUT2D eigenvalue weighted by atomic mass is 10.00. The van der Waals surface area contributed by atoms with Gasteiger partial charge in [0.05, 0.1) is 22.2 Å². The number of nitrogens with zero attached hydrogens (tertiary/aromatic N) is 3. The molecule has 0 saturated carbocycles. The van der Waals surface area contributed by atoms with Crippen LogP contribution in [0.15, 0.2) is 152 Å². The van der Waals surface area contributed by atoms with E-state index in [-0.39, 0.29) is 0 Å². The van der Waals surface area contributed by atoms with Crippen molar-refractivity contribution in [3.63, 3.8) is 0 Å². The first-order valence-electron chi connectivity index (χ1n) is 15.5. The van der Waals surface area contributed by atoms with Gasteiger partial charge in [0.1, 0.15) is 0 Å². The Bertz CT molecular complexity index is 2810. The molecule has 0 amide bonds. The highest BCUT2D eigenvalue weighted by Gasteiger charge is 2.19. The molecular formula is C42H25N3S. The van der Waals surface area contributed by atoms with Crippen molar-refractivity contribution >= 4 is 75.0 Å². The SMILES string of the molecule is c1ccc(-c2ccc3c(-c4ccc5sc6ccccc6c5c4)nc(-n4c5ccccc5c5cc6ccccc6cc54)nc3c2)cc1. The Morgan fingerprint density at radius 3 is 2.02 bits per heavy atom. The Labute approximate surface area is 268 Å². The van der Waals surface area contributed by atoms with Crippen LogP contribution in [0.2, 0.25) is 0 Å². The fraction of sp³-hybridized carbons (Fsp3) is 0. The number of thiophene rings is 1. The molecule has 0 fully saturated rings. The van der Waals surface area contributed by atoms with Gasteiger partial charge in [0.15, 0.2) is 0 Å². The van der Waals surface area contributed by atoms with E-state index in [2.05, 4.69) is 156 Å². The van der Waals surface area contributed by atoms with E-state index < -0.39 is 0 Å². The molecule has 4 heteroatoms. The van der Waals surface area contributed by atoms with Crippen LogP contribution in [0.5, 0.6) is 0 Å². The van der Waals surface area contributed by atoms with E-state index in [9.17, 15) is 0 Å². The summed E-state index contributed by atoms with van der Waals surface area (Å²) >= 11 is 1.84. The van der Waals surface area contributed by atoms with E-state index in [1.807, 2.05) is 11.3 Å². The van der Waals surface area contributed by atoms with Crippen molar-refractivity contribution in [1.29, 1.82) is 0 Å². The van der Waals surface area contributed by atoms with Crippen LogP contribution in [0.3, 0.4) is 0 Å². The lowest BCUT2D eigenvalue weighted by molar-refractivity contribution is 1.01. The van der Waals surface area contributed by atoms with Crippen LogP contribution in [-0.2, 0) is 0 Å². The van der Waals surface area contributed by atoms with Crippen LogP contribution in [0, 0.1) is 0 Å². The van der Waals surface area contributed by atoms with Crippen LogP contribution in [0.4, 0.5) is 0 Å². The Kier molecular flexibility index (Phi) is 5.45. The molecule has 0 bridgehead atoms. The third-order valence-electron chi connectivity index (χ3n) is 9.18. The van der Waals surface area contributed by atoms with Gasteiger partial charge in [-0.3, -0.25) is 4.57 Å². The summed E-state index contributed by atoms with van der Waals surface area (Å²) in [6.07, 6.45) is 0. The van der Waals surface area contributed by atoms with Gasteiger partial charge in [-0.2, -0.15) is 0 Å². The molecule has 0 aliphatic heterocycles. The lowest BCUT2D eigenvalue weighted by Gasteiger charge is -2.13. The fourth-order valence-corrected chi connectivity index (χ4v) is 8.08. The molecule has 0 aliphatic rings. The average molecular weight is 604 g/mol. The van der Waals surface area contributed by atoms with Gasteiger partial charge < -0.3 is 0 Å². The van der Waals surface area contributed by atoms with Crippen LogP contribution < -0.4 is 0 Å². The second-order valence-electron chi connectivity index (χ2n) is 11.8. The Morgan fingerprint density at radius 2 is 1.13 bits per heavy atom. The van der Waals surface area contributed by atoms with Gasteiger partial charge in [0, 0.05) is 41.9 Å². The summed E-state index contributed by atoms with van der Waals surface area (Å²) in [5.41, 5.74) is 7.44. The van der Waals surface area contributed by atoms with Gasteiger partial charge in [-0.05, 0) is 70.4 Å². The van der Waals surface area contributed by atoms with E-state index in [1.54, 1.807) is 0 Å². The number of rotatable bonds is 3. The molecule has 0 N–H and O–H groups in total. The van der Waals surface area contributed by atoms with Crippen molar-refractivity contribution in [1.82, 2.24) is 14.5 Å². The lowest BCUT2D eigenvalue weighted by Crippen LogP contribution is -2.03. The molecule has 214 valence electrons. The van der Waals surface area contributed by atoms with Crippen molar-refractivity contribution < 1.29 is 0 Å². The van der Waals surface area contributed by atoms with Crippen LogP contribution in [0.1, 0.15) is 0 Å². The summed E-state index contributed by atoms with van der Waals surface area (Å²) in [5, 5.41) is 8.39. The molecule has 3 heterocycles. The average Bonchev–Trinajstić information content (AvgIpc) is 3.65. The highest BCUT2D eigenvalue weighted by atomic mass is 32.1. The molecule has 3 aromatic heterocycles. The van der Waals surface area contributed by atoms with E-state index in [0.29, 0.717) is 5.95 Å². The monoisotopic (exact) mass is 603 g/mol. The Balaban J connectivity index is 1.30. The third-order valence-corrected chi connectivity index (χ3v) is 10.3. The number of aromatic nitrogens is 3. The molecule has 0 spiro atoms. The van der Waals surface area contributed by atoms with Crippen LogP contribution >= 0.6 is 11.3 Å². The zero-order chi connectivity index (χ0) is 30.2. The first-order valence-corrected chi connectivity index (χ1v) is 16.3. The maximum atomic E-state index is 5.42. The maximum Gasteiger partial charge on any atom is 0.235 e. The zero-order valence-corrected chi connectivity index (χ0v) is 25.5. The summed E-state index contributed by atoms with van der Waals surface area (Å²) < 4.78 is 4.82. The molecule has 0 aliphatic carbocycles. The third kappa shape index (κ3) is 3.84. The summed E-state index contributed by atoms with van der Waals surface area (Å²) in [4.78, 5) is 10.7. The van der Waals surface area contributed by atoms with Gasteiger partial charge in [0.2, 0.25) is 5.95 Å². The molecule has 10 aromatic rings. The number of hydrogen-bond acceptors (Lipinski definition) is 3. The minimum Gasteiger partial charge on any atom is -0.278 e. The number of hydrogen-bond donors (Lipinski definition) is 0. The molecular weight excluding hydrogens is 579 g/mol. The normalized spacial score (nSPS) is 11.9.